The minimum absolute atomic E-state index is 0.0655. The quantitative estimate of drug-likeness (QED) is 0.399. The first-order valence-electron chi connectivity index (χ1n) is 11.5. The largest absolute Gasteiger partial charge is 0.453 e. The van der Waals surface area contributed by atoms with E-state index in [0.717, 1.165) is 36.8 Å². The maximum atomic E-state index is 13.0. The van der Waals surface area contributed by atoms with Gasteiger partial charge >= 0.3 is 12.1 Å². The van der Waals surface area contributed by atoms with Crippen LogP contribution in [-0.2, 0) is 14.3 Å². The Balaban J connectivity index is 1.89. The Labute approximate surface area is 190 Å². The number of nitrogens with two attached hydrogens (primary N) is 2. The summed E-state index contributed by atoms with van der Waals surface area (Å²) < 4.78 is 11.1. The van der Waals surface area contributed by atoms with E-state index in [1.54, 1.807) is 4.90 Å². The third kappa shape index (κ3) is 5.43. The molecule has 32 heavy (non-hydrogen) atoms. The normalized spacial score (nSPS) is 25.3. The number of amides is 1. The third-order valence-corrected chi connectivity index (χ3v) is 6.59. The van der Waals surface area contributed by atoms with Crippen molar-refractivity contribution >= 4 is 12.1 Å². The number of unbranched alkanes of at least 4 members (excludes halogenated alkanes) is 1. The summed E-state index contributed by atoms with van der Waals surface area (Å²) in [6.07, 6.45) is 4.75. The van der Waals surface area contributed by atoms with Crippen molar-refractivity contribution in [3.8, 4) is 11.8 Å². The van der Waals surface area contributed by atoms with Crippen LogP contribution >= 0.6 is 0 Å². The van der Waals surface area contributed by atoms with E-state index in [-0.39, 0.29) is 18.1 Å². The number of fused-ring (bicyclic) bond motifs is 1. The number of nitrogens with zero attached hydrogens (tertiary/aromatic N) is 1. The Hall–Kier alpha value is -2.56. The van der Waals surface area contributed by atoms with E-state index >= 15 is 0 Å². The van der Waals surface area contributed by atoms with E-state index in [2.05, 4.69) is 11.8 Å². The van der Waals surface area contributed by atoms with Crippen LogP contribution in [0.3, 0.4) is 0 Å². The number of ether oxygens (including phenoxy) is 2. The molecule has 0 radical (unpaired) electrons. The molecule has 174 valence electrons. The minimum atomic E-state index is -0.974. The number of carbonyl (C=O) groups excluding carboxylic acids is 2. The molecule has 0 aromatic heterocycles. The van der Waals surface area contributed by atoms with Gasteiger partial charge in [-0.15, -0.1) is 0 Å². The van der Waals surface area contributed by atoms with Crippen molar-refractivity contribution in [1.29, 1.82) is 0 Å². The number of methoxy groups -OCH3 is 1. The standard InChI is InChI=1S/C25H35N3O4/c1-18-7-5-8-19(17-18)11-14-25(32-23(29)21(27)9-3-4-15-26)13-6-10-22-20(25)12-16-28(22)24(30)31-2/h5,7-8,17,20-22H,3-4,6,9-10,12-13,15-16,26-27H2,1-2H3/t20-,21?,22-,25-/m1/s1. The highest BCUT2D eigenvalue weighted by Crippen LogP contribution is 2.45. The van der Waals surface area contributed by atoms with Gasteiger partial charge in [0.25, 0.3) is 0 Å². The van der Waals surface area contributed by atoms with E-state index in [4.69, 9.17) is 20.9 Å². The molecule has 4 atom stereocenters. The minimum Gasteiger partial charge on any atom is -0.453 e. The van der Waals surface area contributed by atoms with Crippen molar-refractivity contribution in [3.63, 3.8) is 0 Å². The molecule has 2 aliphatic rings. The zero-order chi connectivity index (χ0) is 23.1. The highest BCUT2D eigenvalue weighted by Gasteiger charge is 2.54. The van der Waals surface area contributed by atoms with Crippen LogP contribution in [0.1, 0.15) is 56.1 Å². The summed E-state index contributed by atoms with van der Waals surface area (Å²) in [5.74, 6) is 6.07. The van der Waals surface area contributed by atoms with Crippen LogP contribution in [0.2, 0.25) is 0 Å². The fraction of sp³-hybridized carbons (Fsp3) is 0.600. The van der Waals surface area contributed by atoms with Crippen LogP contribution in [0.4, 0.5) is 4.79 Å². The van der Waals surface area contributed by atoms with E-state index < -0.39 is 17.6 Å². The monoisotopic (exact) mass is 441 g/mol. The number of hydrogen-bond donors (Lipinski definition) is 2. The molecular formula is C25H35N3O4. The zero-order valence-electron chi connectivity index (χ0n) is 19.1. The predicted octanol–water partition coefficient (Wildman–Crippen LogP) is 2.73. The lowest BCUT2D eigenvalue weighted by atomic mass is 9.72. The summed E-state index contributed by atoms with van der Waals surface area (Å²) in [7, 11) is 1.39. The topological polar surface area (TPSA) is 108 Å². The number of rotatable bonds is 6. The molecule has 4 N–H and O–H groups in total. The number of benzene rings is 1. The lowest BCUT2D eigenvalue weighted by Gasteiger charge is -2.42. The Morgan fingerprint density at radius 1 is 1.31 bits per heavy atom. The van der Waals surface area contributed by atoms with Gasteiger partial charge < -0.3 is 25.8 Å². The van der Waals surface area contributed by atoms with E-state index in [9.17, 15) is 9.59 Å². The lowest BCUT2D eigenvalue weighted by molar-refractivity contribution is -0.164. The van der Waals surface area contributed by atoms with Gasteiger partial charge in [-0.3, -0.25) is 4.79 Å². The van der Waals surface area contributed by atoms with Crippen LogP contribution in [0.15, 0.2) is 24.3 Å². The molecule has 1 aliphatic heterocycles. The summed E-state index contributed by atoms with van der Waals surface area (Å²) in [5.41, 5.74) is 12.7. The summed E-state index contributed by atoms with van der Waals surface area (Å²) in [4.78, 5) is 27.0. The molecule has 0 spiro atoms. The predicted molar refractivity (Wildman–Crippen MR) is 123 cm³/mol. The molecule has 1 amide bonds. The summed E-state index contributed by atoms with van der Waals surface area (Å²) in [5, 5.41) is 0. The maximum Gasteiger partial charge on any atom is 0.409 e. The first kappa shape index (κ1) is 24.1. The Morgan fingerprint density at radius 3 is 2.84 bits per heavy atom. The number of likely N-dealkylation sites (tertiary alicyclic amines) is 1. The van der Waals surface area contributed by atoms with Gasteiger partial charge in [-0.05, 0) is 75.6 Å². The number of carbonyl (C=O) groups is 2. The molecule has 1 saturated carbocycles. The summed E-state index contributed by atoms with van der Waals surface area (Å²) in [6.45, 7) is 3.15. The van der Waals surface area contributed by atoms with Gasteiger partial charge in [-0.25, -0.2) is 4.79 Å². The van der Waals surface area contributed by atoms with Crippen molar-refractivity contribution in [3.05, 3.63) is 35.4 Å². The van der Waals surface area contributed by atoms with Gasteiger partial charge in [0.2, 0.25) is 0 Å². The van der Waals surface area contributed by atoms with Gasteiger partial charge in [-0.1, -0.05) is 24.5 Å². The van der Waals surface area contributed by atoms with Crippen LogP contribution in [0, 0.1) is 24.7 Å². The van der Waals surface area contributed by atoms with Crippen LogP contribution in [0.25, 0.3) is 0 Å². The van der Waals surface area contributed by atoms with Crippen LogP contribution in [0.5, 0.6) is 0 Å². The lowest BCUT2D eigenvalue weighted by Crippen LogP contribution is -2.53. The highest BCUT2D eigenvalue weighted by atomic mass is 16.6. The molecule has 1 aromatic carbocycles. The summed E-state index contributed by atoms with van der Waals surface area (Å²) >= 11 is 0. The molecule has 1 saturated heterocycles. The second kappa shape index (κ2) is 10.8. The van der Waals surface area contributed by atoms with Crippen molar-refractivity contribution in [2.45, 2.75) is 69.6 Å². The van der Waals surface area contributed by atoms with Gasteiger partial charge in [-0.2, -0.15) is 0 Å². The van der Waals surface area contributed by atoms with E-state index in [0.29, 0.717) is 32.4 Å². The van der Waals surface area contributed by atoms with E-state index in [1.165, 1.54) is 7.11 Å². The first-order chi connectivity index (χ1) is 15.4. The molecule has 7 heteroatoms. The van der Waals surface area contributed by atoms with Gasteiger partial charge in [0, 0.05) is 24.1 Å². The second-order valence-electron chi connectivity index (χ2n) is 8.84. The van der Waals surface area contributed by atoms with Crippen molar-refractivity contribution in [1.82, 2.24) is 4.90 Å². The SMILES string of the molecule is COC(=O)N1CC[C@@H]2[C@H]1CCC[C@]2(C#Cc1cccc(C)c1)OC(=O)C(N)CCCCN. The van der Waals surface area contributed by atoms with Gasteiger partial charge in [0.1, 0.15) is 6.04 Å². The first-order valence-corrected chi connectivity index (χ1v) is 11.5. The average Bonchev–Trinajstić information content (AvgIpc) is 3.23. The fourth-order valence-corrected chi connectivity index (χ4v) is 4.95. The maximum absolute atomic E-state index is 13.0. The number of hydrogen-bond acceptors (Lipinski definition) is 6. The molecule has 7 nitrogen and oxygen atoms in total. The third-order valence-electron chi connectivity index (χ3n) is 6.59. The molecule has 1 aliphatic carbocycles. The second-order valence-corrected chi connectivity index (χ2v) is 8.84. The molecular weight excluding hydrogens is 406 g/mol. The van der Waals surface area contributed by atoms with Gasteiger partial charge in [0.15, 0.2) is 5.60 Å². The van der Waals surface area contributed by atoms with Crippen LogP contribution < -0.4 is 11.5 Å². The number of aryl methyl sites for hydroxylation is 1. The molecule has 1 aromatic rings. The summed E-state index contributed by atoms with van der Waals surface area (Å²) in [6, 6.07) is 7.16. The number of esters is 1. The Morgan fingerprint density at radius 2 is 2.12 bits per heavy atom. The Bertz CT molecular complexity index is 877. The molecule has 0 bridgehead atoms. The smallest absolute Gasteiger partial charge is 0.409 e. The van der Waals surface area contributed by atoms with Crippen molar-refractivity contribution in [2.24, 2.45) is 17.4 Å². The van der Waals surface area contributed by atoms with Gasteiger partial charge in [0.05, 0.1) is 7.11 Å². The van der Waals surface area contributed by atoms with E-state index in [1.807, 2.05) is 31.2 Å². The van der Waals surface area contributed by atoms with Crippen molar-refractivity contribution in [2.75, 3.05) is 20.2 Å². The fourth-order valence-electron chi connectivity index (χ4n) is 4.95. The molecule has 2 fully saturated rings. The Kier molecular flexibility index (Phi) is 8.16. The molecule has 1 unspecified atom stereocenters. The van der Waals surface area contributed by atoms with Crippen LogP contribution in [-0.4, -0.2) is 54.8 Å². The van der Waals surface area contributed by atoms with Crippen molar-refractivity contribution < 1.29 is 19.1 Å². The zero-order valence-corrected chi connectivity index (χ0v) is 19.1. The average molecular weight is 442 g/mol. The molecule has 3 rings (SSSR count). The highest BCUT2D eigenvalue weighted by molar-refractivity contribution is 5.76. The molecule has 1 heterocycles.